The van der Waals surface area contributed by atoms with E-state index in [0.29, 0.717) is 12.3 Å². The number of ether oxygens (including phenoxy) is 1. The van der Waals surface area contributed by atoms with Gasteiger partial charge in [0, 0.05) is 30.7 Å². The molecule has 1 aromatic carbocycles. The first-order chi connectivity index (χ1) is 11.4. The van der Waals surface area contributed by atoms with Gasteiger partial charge in [0.1, 0.15) is 11.4 Å². The number of hydrogen-bond donors (Lipinski definition) is 2. The molecule has 2 atom stereocenters. The Morgan fingerprint density at radius 1 is 1.46 bits per heavy atom. The van der Waals surface area contributed by atoms with E-state index in [-0.39, 0.29) is 6.04 Å². The molecule has 0 radical (unpaired) electrons. The number of furan rings is 1. The van der Waals surface area contributed by atoms with E-state index >= 15 is 0 Å². The van der Waals surface area contributed by atoms with Crippen LogP contribution in [0.5, 0.6) is 5.75 Å². The van der Waals surface area contributed by atoms with Gasteiger partial charge in [0.2, 0.25) is 0 Å². The fraction of sp³-hybridized carbons (Fsp3) is 0.389. The minimum absolute atomic E-state index is 0.0507. The van der Waals surface area contributed by atoms with E-state index in [1.54, 1.807) is 24.9 Å². The number of rotatable bonds is 6. The Balaban J connectivity index is 1.74. The zero-order valence-electron chi connectivity index (χ0n) is 14.4. The Bertz CT molecular complexity index is 835. The first-order valence-electron chi connectivity index (χ1n) is 7.92. The Hall–Kier alpha value is -2.31. The number of nitrogens with one attached hydrogen (secondary N) is 1. The van der Waals surface area contributed by atoms with Gasteiger partial charge in [-0.2, -0.15) is 5.10 Å². The molecule has 2 heterocycles. The van der Waals surface area contributed by atoms with Gasteiger partial charge in [0.15, 0.2) is 11.3 Å². The number of benzene rings is 1. The molecule has 2 N–H and O–H groups in total. The molecule has 0 aliphatic rings. The van der Waals surface area contributed by atoms with E-state index in [9.17, 15) is 5.11 Å². The molecule has 6 nitrogen and oxygen atoms in total. The van der Waals surface area contributed by atoms with Gasteiger partial charge < -0.3 is 19.6 Å². The van der Waals surface area contributed by atoms with Gasteiger partial charge in [-0.15, -0.1) is 0 Å². The Morgan fingerprint density at radius 2 is 2.25 bits per heavy atom. The maximum absolute atomic E-state index is 10.7. The predicted molar refractivity (Wildman–Crippen MR) is 92.0 cm³/mol. The molecule has 3 rings (SSSR count). The summed E-state index contributed by atoms with van der Waals surface area (Å²) in [5.74, 6) is 1.52. The van der Waals surface area contributed by atoms with Gasteiger partial charge in [0.25, 0.3) is 0 Å². The highest BCUT2D eigenvalue weighted by molar-refractivity contribution is 5.83. The van der Waals surface area contributed by atoms with E-state index in [1.807, 2.05) is 44.4 Å². The van der Waals surface area contributed by atoms with Gasteiger partial charge in [-0.05, 0) is 26.0 Å². The van der Waals surface area contributed by atoms with Crippen molar-refractivity contribution in [2.45, 2.75) is 25.5 Å². The number of para-hydroxylation sites is 1. The van der Waals surface area contributed by atoms with E-state index in [1.165, 1.54) is 0 Å². The van der Waals surface area contributed by atoms with E-state index in [0.717, 1.165) is 22.3 Å². The van der Waals surface area contributed by atoms with Gasteiger partial charge in [-0.1, -0.05) is 12.1 Å². The summed E-state index contributed by atoms with van der Waals surface area (Å²) in [6.45, 7) is 4.16. The smallest absolute Gasteiger partial charge is 0.176 e. The van der Waals surface area contributed by atoms with Gasteiger partial charge in [0.05, 0.1) is 19.3 Å². The molecule has 0 fully saturated rings. The third kappa shape index (κ3) is 3.16. The average Bonchev–Trinajstić information content (AvgIpc) is 3.18. The zero-order valence-corrected chi connectivity index (χ0v) is 14.4. The molecule has 0 saturated carbocycles. The third-order valence-electron chi connectivity index (χ3n) is 4.25. The monoisotopic (exact) mass is 329 g/mol. The summed E-state index contributed by atoms with van der Waals surface area (Å²) in [7, 11) is 3.46. The van der Waals surface area contributed by atoms with Crippen LogP contribution in [0, 0.1) is 0 Å². The second-order valence-electron chi connectivity index (χ2n) is 6.31. The fourth-order valence-corrected chi connectivity index (χ4v) is 2.68. The molecule has 3 aromatic rings. The number of fused-ring (bicyclic) bond motifs is 1. The summed E-state index contributed by atoms with van der Waals surface area (Å²) in [6.07, 6.45) is 3.50. The van der Waals surface area contributed by atoms with Crippen LogP contribution in [0.15, 0.2) is 41.1 Å². The highest BCUT2D eigenvalue weighted by Gasteiger charge is 2.26. The van der Waals surface area contributed by atoms with Crippen molar-refractivity contribution in [2.75, 3.05) is 13.7 Å². The molecule has 0 amide bonds. The highest BCUT2D eigenvalue weighted by atomic mass is 16.5. The van der Waals surface area contributed by atoms with Crippen LogP contribution in [0.4, 0.5) is 0 Å². The molecule has 0 spiro atoms. The van der Waals surface area contributed by atoms with E-state index < -0.39 is 5.60 Å². The lowest BCUT2D eigenvalue weighted by atomic mass is 9.99. The molecular formula is C18H23N3O3. The van der Waals surface area contributed by atoms with E-state index in [4.69, 9.17) is 9.15 Å². The first-order valence-corrected chi connectivity index (χ1v) is 7.92. The van der Waals surface area contributed by atoms with Crippen molar-refractivity contribution in [2.24, 2.45) is 7.05 Å². The van der Waals surface area contributed by atoms with Crippen molar-refractivity contribution in [3.8, 4) is 5.75 Å². The molecule has 6 heteroatoms. The van der Waals surface area contributed by atoms with Crippen molar-refractivity contribution in [3.05, 3.63) is 48.0 Å². The standard InChI is InChI=1S/C18H23N3O3/c1-12(19-11-18(2,22)14-9-20-21(3)10-14)16-8-13-6-5-7-15(23-4)17(13)24-16/h5-10,12,19,22H,11H2,1-4H3/t12-,18-/m1/s1. The molecule has 24 heavy (non-hydrogen) atoms. The molecular weight excluding hydrogens is 306 g/mol. The topological polar surface area (TPSA) is 72.4 Å². The molecule has 128 valence electrons. The summed E-state index contributed by atoms with van der Waals surface area (Å²) >= 11 is 0. The number of hydrogen-bond acceptors (Lipinski definition) is 5. The van der Waals surface area contributed by atoms with Crippen LogP contribution in [0.3, 0.4) is 0 Å². The number of nitrogens with zero attached hydrogens (tertiary/aromatic N) is 2. The lowest BCUT2D eigenvalue weighted by Crippen LogP contribution is -2.36. The Morgan fingerprint density at radius 3 is 2.92 bits per heavy atom. The molecule has 0 bridgehead atoms. The van der Waals surface area contributed by atoms with Crippen molar-refractivity contribution < 1.29 is 14.3 Å². The first kappa shape index (κ1) is 16.5. The fourth-order valence-electron chi connectivity index (χ4n) is 2.68. The van der Waals surface area contributed by atoms with Crippen LogP contribution >= 0.6 is 0 Å². The van der Waals surface area contributed by atoms with Crippen LogP contribution in [0.2, 0.25) is 0 Å². The second kappa shape index (κ2) is 6.30. The number of aliphatic hydroxyl groups is 1. The quantitative estimate of drug-likeness (QED) is 0.727. The Labute approximate surface area is 141 Å². The largest absolute Gasteiger partial charge is 0.493 e. The maximum Gasteiger partial charge on any atom is 0.176 e. The minimum atomic E-state index is -1.01. The Kier molecular flexibility index (Phi) is 4.34. The second-order valence-corrected chi connectivity index (χ2v) is 6.31. The van der Waals surface area contributed by atoms with Crippen LogP contribution in [0.25, 0.3) is 11.0 Å². The SMILES string of the molecule is COc1cccc2cc([C@@H](C)NC[C@@](C)(O)c3cnn(C)c3)oc12. The summed E-state index contributed by atoms with van der Waals surface area (Å²) < 4.78 is 13.0. The van der Waals surface area contributed by atoms with Gasteiger partial charge >= 0.3 is 0 Å². The minimum Gasteiger partial charge on any atom is -0.493 e. The molecule has 0 saturated heterocycles. The van der Waals surface area contributed by atoms with Crippen molar-refractivity contribution in [1.82, 2.24) is 15.1 Å². The summed E-state index contributed by atoms with van der Waals surface area (Å²) in [6, 6.07) is 7.75. The predicted octanol–water partition coefficient (Wildman–Crippen LogP) is 2.73. The van der Waals surface area contributed by atoms with Crippen LogP contribution in [-0.4, -0.2) is 28.5 Å². The molecule has 2 aromatic heterocycles. The lowest BCUT2D eigenvalue weighted by molar-refractivity contribution is 0.0536. The summed E-state index contributed by atoms with van der Waals surface area (Å²) in [5.41, 5.74) is 0.505. The van der Waals surface area contributed by atoms with Gasteiger partial charge in [-0.3, -0.25) is 4.68 Å². The number of aromatic nitrogens is 2. The summed E-state index contributed by atoms with van der Waals surface area (Å²) in [4.78, 5) is 0. The summed E-state index contributed by atoms with van der Waals surface area (Å²) in [5, 5.41) is 19.1. The molecule has 0 aliphatic heterocycles. The van der Waals surface area contributed by atoms with Crippen LogP contribution in [0.1, 0.15) is 31.2 Å². The van der Waals surface area contributed by atoms with Gasteiger partial charge in [-0.25, -0.2) is 0 Å². The van der Waals surface area contributed by atoms with Crippen molar-refractivity contribution in [1.29, 1.82) is 0 Å². The van der Waals surface area contributed by atoms with Crippen molar-refractivity contribution in [3.63, 3.8) is 0 Å². The molecule has 0 aliphatic carbocycles. The van der Waals surface area contributed by atoms with E-state index in [2.05, 4.69) is 10.4 Å². The maximum atomic E-state index is 10.7. The van der Waals surface area contributed by atoms with Crippen LogP contribution in [-0.2, 0) is 12.6 Å². The number of methoxy groups -OCH3 is 1. The third-order valence-corrected chi connectivity index (χ3v) is 4.25. The highest BCUT2D eigenvalue weighted by Crippen LogP contribution is 2.31. The molecule has 0 unspecified atom stereocenters. The van der Waals surface area contributed by atoms with Crippen LogP contribution < -0.4 is 10.1 Å². The number of aryl methyl sites for hydroxylation is 1. The van der Waals surface area contributed by atoms with Crippen molar-refractivity contribution >= 4 is 11.0 Å². The normalized spacial score (nSPS) is 15.4. The lowest BCUT2D eigenvalue weighted by Gasteiger charge is -2.24. The zero-order chi connectivity index (χ0) is 17.3. The average molecular weight is 329 g/mol.